The molecule has 3 aromatic rings. The Bertz CT molecular complexity index is 975. The number of hydrogen-bond acceptors (Lipinski definition) is 6. The van der Waals surface area contributed by atoms with E-state index in [0.29, 0.717) is 12.5 Å². The minimum absolute atomic E-state index is 0.0198. The van der Waals surface area contributed by atoms with E-state index in [-0.39, 0.29) is 5.91 Å². The van der Waals surface area contributed by atoms with Crippen molar-refractivity contribution in [2.75, 3.05) is 42.9 Å². The first-order valence-electron chi connectivity index (χ1n) is 9.80. The quantitative estimate of drug-likeness (QED) is 0.730. The van der Waals surface area contributed by atoms with Crippen molar-refractivity contribution < 1.29 is 4.79 Å². The Balaban J connectivity index is 1.21. The van der Waals surface area contributed by atoms with E-state index >= 15 is 0 Å². The molecule has 0 bridgehead atoms. The molecule has 1 aliphatic heterocycles. The zero-order chi connectivity index (χ0) is 18.9. The summed E-state index contributed by atoms with van der Waals surface area (Å²) in [5.74, 6) is 2.50. The highest BCUT2D eigenvalue weighted by molar-refractivity contribution is 5.92. The van der Waals surface area contributed by atoms with Gasteiger partial charge in [-0.3, -0.25) is 14.1 Å². The number of fused-ring (bicyclic) bond motifs is 1. The predicted octanol–water partition coefficient (Wildman–Crippen LogP) is 1.76. The molecule has 1 amide bonds. The van der Waals surface area contributed by atoms with E-state index in [1.54, 1.807) is 0 Å². The average molecular weight is 377 g/mol. The van der Waals surface area contributed by atoms with Crippen LogP contribution in [0.2, 0.25) is 0 Å². The van der Waals surface area contributed by atoms with Crippen LogP contribution in [0.15, 0.2) is 42.7 Å². The summed E-state index contributed by atoms with van der Waals surface area (Å²) in [5.41, 5.74) is 1.67. The molecule has 5 rings (SSSR count). The van der Waals surface area contributed by atoms with Gasteiger partial charge in [0.05, 0.1) is 6.54 Å². The van der Waals surface area contributed by atoms with Crippen molar-refractivity contribution >= 4 is 23.1 Å². The molecule has 2 aromatic heterocycles. The summed E-state index contributed by atoms with van der Waals surface area (Å²) < 4.78 is 2.08. The number of piperazine rings is 1. The maximum atomic E-state index is 12.3. The number of carbonyl (C=O) groups excluding carboxylic acids is 1. The molecule has 1 aliphatic carbocycles. The molecule has 2 aliphatic rings. The lowest BCUT2D eigenvalue weighted by molar-refractivity contribution is -0.117. The molecule has 1 N–H and O–H groups in total. The van der Waals surface area contributed by atoms with Crippen LogP contribution in [-0.4, -0.2) is 63.1 Å². The number of nitrogens with one attached hydrogen (secondary N) is 1. The van der Waals surface area contributed by atoms with Crippen molar-refractivity contribution in [2.45, 2.75) is 18.8 Å². The molecule has 1 saturated heterocycles. The summed E-state index contributed by atoms with van der Waals surface area (Å²) in [7, 11) is 0. The number of benzene rings is 1. The van der Waals surface area contributed by atoms with Crippen molar-refractivity contribution in [2.24, 2.45) is 0 Å². The van der Waals surface area contributed by atoms with Crippen LogP contribution < -0.4 is 10.2 Å². The summed E-state index contributed by atoms with van der Waals surface area (Å²) in [6, 6.07) is 9.57. The second-order valence-electron chi connectivity index (χ2n) is 7.45. The number of aromatic nitrogens is 4. The van der Waals surface area contributed by atoms with Crippen molar-refractivity contribution in [3.63, 3.8) is 0 Å². The fourth-order valence-corrected chi connectivity index (χ4v) is 3.72. The second kappa shape index (κ2) is 7.20. The molecule has 144 valence electrons. The monoisotopic (exact) mass is 377 g/mol. The van der Waals surface area contributed by atoms with Gasteiger partial charge < -0.3 is 10.2 Å². The Labute approximate surface area is 163 Å². The Hall–Kier alpha value is -3.00. The average Bonchev–Trinajstić information content (AvgIpc) is 3.47. The third kappa shape index (κ3) is 3.43. The van der Waals surface area contributed by atoms with Crippen LogP contribution in [0.3, 0.4) is 0 Å². The zero-order valence-electron chi connectivity index (χ0n) is 15.7. The second-order valence-corrected chi connectivity index (χ2v) is 7.45. The van der Waals surface area contributed by atoms with Crippen LogP contribution >= 0.6 is 0 Å². The van der Waals surface area contributed by atoms with Crippen molar-refractivity contribution in [3.8, 4) is 0 Å². The van der Waals surface area contributed by atoms with Gasteiger partial charge in [0.1, 0.15) is 5.82 Å². The van der Waals surface area contributed by atoms with E-state index in [2.05, 4.69) is 34.7 Å². The highest BCUT2D eigenvalue weighted by Gasteiger charge is 2.30. The maximum absolute atomic E-state index is 12.3. The van der Waals surface area contributed by atoms with Crippen LogP contribution in [0.4, 0.5) is 11.5 Å². The van der Waals surface area contributed by atoms with Gasteiger partial charge in [0.25, 0.3) is 0 Å². The van der Waals surface area contributed by atoms with Crippen molar-refractivity contribution in [1.29, 1.82) is 0 Å². The van der Waals surface area contributed by atoms with Gasteiger partial charge in [-0.1, -0.05) is 18.2 Å². The van der Waals surface area contributed by atoms with E-state index in [4.69, 9.17) is 0 Å². The van der Waals surface area contributed by atoms with Gasteiger partial charge in [-0.25, -0.2) is 4.98 Å². The van der Waals surface area contributed by atoms with Gasteiger partial charge in [-0.05, 0) is 25.0 Å². The molecule has 0 spiro atoms. The predicted molar refractivity (Wildman–Crippen MR) is 106 cm³/mol. The number of carbonyl (C=O) groups is 1. The fourth-order valence-electron chi connectivity index (χ4n) is 3.72. The number of rotatable bonds is 5. The van der Waals surface area contributed by atoms with Gasteiger partial charge in [0.2, 0.25) is 11.6 Å². The largest absolute Gasteiger partial charge is 0.351 e. The molecule has 0 radical (unpaired) electrons. The highest BCUT2D eigenvalue weighted by Crippen LogP contribution is 2.39. The lowest BCUT2D eigenvalue weighted by atomic mass is 10.3. The molecule has 2 fully saturated rings. The van der Waals surface area contributed by atoms with Crippen LogP contribution in [0.5, 0.6) is 0 Å². The van der Waals surface area contributed by atoms with Gasteiger partial charge in [-0.2, -0.15) is 0 Å². The van der Waals surface area contributed by atoms with E-state index in [0.717, 1.165) is 49.2 Å². The van der Waals surface area contributed by atoms with Gasteiger partial charge >= 0.3 is 0 Å². The normalized spacial score (nSPS) is 17.8. The molecule has 0 unspecified atom stereocenters. The van der Waals surface area contributed by atoms with Gasteiger partial charge in [0, 0.05) is 50.2 Å². The third-order valence-electron chi connectivity index (χ3n) is 5.37. The summed E-state index contributed by atoms with van der Waals surface area (Å²) in [4.78, 5) is 21.3. The first-order chi connectivity index (χ1) is 13.8. The van der Waals surface area contributed by atoms with Crippen LogP contribution in [0.25, 0.3) is 5.65 Å². The molecule has 0 atom stereocenters. The van der Waals surface area contributed by atoms with Crippen LogP contribution in [0, 0.1) is 0 Å². The number of para-hydroxylation sites is 1. The summed E-state index contributed by atoms with van der Waals surface area (Å²) >= 11 is 0. The molecule has 1 aromatic carbocycles. The van der Waals surface area contributed by atoms with E-state index in [1.807, 2.05) is 42.7 Å². The number of hydrogen-bond donors (Lipinski definition) is 1. The smallest absolute Gasteiger partial charge is 0.238 e. The molecule has 8 nitrogen and oxygen atoms in total. The van der Waals surface area contributed by atoms with Crippen molar-refractivity contribution in [1.82, 2.24) is 24.5 Å². The first-order valence-corrected chi connectivity index (χ1v) is 9.80. The van der Waals surface area contributed by atoms with Gasteiger partial charge in [0.15, 0.2) is 5.82 Å². The van der Waals surface area contributed by atoms with Crippen LogP contribution in [0.1, 0.15) is 24.6 Å². The molecule has 8 heteroatoms. The van der Waals surface area contributed by atoms with E-state index in [1.165, 1.54) is 12.8 Å². The first kappa shape index (κ1) is 17.1. The summed E-state index contributed by atoms with van der Waals surface area (Å²) in [6.45, 7) is 3.66. The standard InChI is InChI=1S/C20H23N7O/c28-17(22-16-4-2-1-3-5-16)14-25-10-12-26(13-11-25)19-20-24-23-18(15-6-7-15)27(20)9-8-21-19/h1-5,8-9,15H,6-7,10-14H2,(H,22,28). The molecular formula is C20H23N7O. The zero-order valence-corrected chi connectivity index (χ0v) is 15.7. The topological polar surface area (TPSA) is 78.7 Å². The molecule has 1 saturated carbocycles. The summed E-state index contributed by atoms with van der Waals surface area (Å²) in [6.07, 6.45) is 6.18. The van der Waals surface area contributed by atoms with E-state index in [9.17, 15) is 4.79 Å². The molecule has 28 heavy (non-hydrogen) atoms. The molecule has 3 heterocycles. The lowest BCUT2D eigenvalue weighted by Crippen LogP contribution is -2.49. The Kier molecular flexibility index (Phi) is 4.40. The highest BCUT2D eigenvalue weighted by atomic mass is 16.2. The number of anilines is 2. The molecular weight excluding hydrogens is 354 g/mol. The fraction of sp³-hybridized carbons (Fsp3) is 0.400. The Morgan fingerprint density at radius 2 is 1.86 bits per heavy atom. The van der Waals surface area contributed by atoms with Gasteiger partial charge in [-0.15, -0.1) is 10.2 Å². The van der Waals surface area contributed by atoms with E-state index < -0.39 is 0 Å². The van der Waals surface area contributed by atoms with Crippen LogP contribution in [-0.2, 0) is 4.79 Å². The third-order valence-corrected chi connectivity index (χ3v) is 5.37. The SMILES string of the molecule is O=C(CN1CCN(c2nccn3c(C4CC4)nnc23)CC1)Nc1ccccc1. The lowest BCUT2D eigenvalue weighted by Gasteiger charge is -2.34. The summed E-state index contributed by atoms with van der Waals surface area (Å²) in [5, 5.41) is 11.7. The Morgan fingerprint density at radius 3 is 2.61 bits per heavy atom. The minimum Gasteiger partial charge on any atom is -0.351 e. The number of amides is 1. The maximum Gasteiger partial charge on any atom is 0.238 e. The number of nitrogens with zero attached hydrogens (tertiary/aromatic N) is 6. The minimum atomic E-state index is 0.0198. The van der Waals surface area contributed by atoms with Crippen molar-refractivity contribution in [3.05, 3.63) is 48.5 Å². The Morgan fingerprint density at radius 1 is 1.07 bits per heavy atom.